The molecule has 1 aliphatic heterocycles. The minimum Gasteiger partial charge on any atom is -0.465 e. The summed E-state index contributed by atoms with van der Waals surface area (Å²) >= 11 is 0. The molecule has 2 heterocycles. The molecule has 116 valence electrons. The molecule has 1 aliphatic rings. The molecule has 3 atom stereocenters. The Morgan fingerprint density at radius 3 is 2.55 bits per heavy atom. The molecule has 1 N–H and O–H groups in total. The number of nitrogens with one attached hydrogen (secondary N) is 1. The van der Waals surface area contributed by atoms with Gasteiger partial charge in [-0.05, 0) is 30.0 Å². The van der Waals surface area contributed by atoms with Gasteiger partial charge in [0.25, 0.3) is 0 Å². The van der Waals surface area contributed by atoms with Gasteiger partial charge in [-0.3, -0.25) is 0 Å². The van der Waals surface area contributed by atoms with Crippen molar-refractivity contribution in [1.82, 2.24) is 5.32 Å². The van der Waals surface area contributed by atoms with Gasteiger partial charge >= 0.3 is 6.09 Å². The first-order valence-corrected chi connectivity index (χ1v) is 7.69. The second-order valence-electron chi connectivity index (χ2n) is 6.10. The second-order valence-corrected chi connectivity index (χ2v) is 6.10. The van der Waals surface area contributed by atoms with E-state index in [9.17, 15) is 4.79 Å². The summed E-state index contributed by atoms with van der Waals surface area (Å²) in [6.45, 7) is 4.30. The third kappa shape index (κ3) is 3.01. The molecule has 0 aliphatic carbocycles. The van der Waals surface area contributed by atoms with Gasteiger partial charge in [-0.25, -0.2) is 4.79 Å². The molecular weight excluding hydrogens is 278 g/mol. The summed E-state index contributed by atoms with van der Waals surface area (Å²) in [5.41, 5.74) is 1.21. The van der Waals surface area contributed by atoms with Crippen LogP contribution in [0, 0.1) is 11.8 Å². The molecule has 1 amide bonds. The van der Waals surface area contributed by atoms with E-state index < -0.39 is 0 Å². The zero-order valence-corrected chi connectivity index (χ0v) is 12.9. The maximum Gasteiger partial charge on any atom is 0.408 e. The first-order valence-electron chi connectivity index (χ1n) is 7.69. The molecule has 0 unspecified atom stereocenters. The van der Waals surface area contributed by atoms with Crippen molar-refractivity contribution in [3.8, 4) is 0 Å². The Kier molecular flexibility index (Phi) is 4.18. The Morgan fingerprint density at radius 1 is 1.14 bits per heavy atom. The number of cyclic esters (lactones) is 1. The van der Waals surface area contributed by atoms with Crippen molar-refractivity contribution in [2.24, 2.45) is 11.8 Å². The molecule has 1 saturated heterocycles. The van der Waals surface area contributed by atoms with E-state index in [4.69, 9.17) is 9.15 Å². The summed E-state index contributed by atoms with van der Waals surface area (Å²) in [4.78, 5) is 12.0. The highest BCUT2D eigenvalue weighted by Gasteiger charge is 2.42. The van der Waals surface area contributed by atoms with Crippen LogP contribution in [-0.4, -0.2) is 12.1 Å². The van der Waals surface area contributed by atoms with Crippen LogP contribution >= 0.6 is 0 Å². The van der Waals surface area contributed by atoms with Crippen molar-refractivity contribution in [2.45, 2.75) is 32.4 Å². The predicted octanol–water partition coefficient (Wildman–Crippen LogP) is 3.94. The Bertz CT molecular complexity index is 607. The fourth-order valence-electron chi connectivity index (χ4n) is 3.26. The van der Waals surface area contributed by atoms with E-state index in [-0.39, 0.29) is 24.2 Å². The molecule has 1 aromatic heterocycles. The van der Waals surface area contributed by atoms with E-state index >= 15 is 0 Å². The lowest BCUT2D eigenvalue weighted by Gasteiger charge is -2.39. The SMILES string of the molecule is CC(C)[C@@H]1[C@@H](Cc2ccccc2)NC(=O)O[C@H]1c1ccco1. The van der Waals surface area contributed by atoms with Gasteiger partial charge in [-0.2, -0.15) is 0 Å². The number of rotatable bonds is 4. The highest BCUT2D eigenvalue weighted by molar-refractivity contribution is 5.69. The monoisotopic (exact) mass is 299 g/mol. The third-order valence-corrected chi connectivity index (χ3v) is 4.24. The Balaban J connectivity index is 1.88. The Morgan fingerprint density at radius 2 is 1.91 bits per heavy atom. The minimum absolute atomic E-state index is 0.0266. The second kappa shape index (κ2) is 6.26. The van der Waals surface area contributed by atoms with Crippen LogP contribution < -0.4 is 5.32 Å². The van der Waals surface area contributed by atoms with E-state index in [0.29, 0.717) is 11.7 Å². The number of carbonyl (C=O) groups is 1. The van der Waals surface area contributed by atoms with Crippen LogP contribution in [0.2, 0.25) is 0 Å². The summed E-state index contributed by atoms with van der Waals surface area (Å²) in [7, 11) is 0. The summed E-state index contributed by atoms with van der Waals surface area (Å²) in [6, 6.07) is 13.9. The zero-order chi connectivity index (χ0) is 15.5. The third-order valence-electron chi connectivity index (χ3n) is 4.24. The molecule has 0 radical (unpaired) electrons. The number of furan rings is 1. The zero-order valence-electron chi connectivity index (χ0n) is 12.9. The van der Waals surface area contributed by atoms with Crippen LogP contribution in [0.4, 0.5) is 4.79 Å². The van der Waals surface area contributed by atoms with Crippen molar-refractivity contribution < 1.29 is 13.9 Å². The lowest BCUT2D eigenvalue weighted by atomic mass is 9.79. The molecule has 4 nitrogen and oxygen atoms in total. The van der Waals surface area contributed by atoms with Crippen LogP contribution in [0.15, 0.2) is 53.1 Å². The molecular formula is C18H21NO3. The van der Waals surface area contributed by atoms with E-state index in [1.807, 2.05) is 30.3 Å². The van der Waals surface area contributed by atoms with Crippen LogP contribution in [0.1, 0.15) is 31.3 Å². The molecule has 0 bridgehead atoms. The average molecular weight is 299 g/mol. The van der Waals surface area contributed by atoms with E-state index in [2.05, 4.69) is 31.3 Å². The highest BCUT2D eigenvalue weighted by Crippen LogP contribution is 2.38. The summed E-state index contributed by atoms with van der Waals surface area (Å²) < 4.78 is 11.0. The van der Waals surface area contributed by atoms with E-state index in [0.717, 1.165) is 6.42 Å². The summed E-state index contributed by atoms with van der Waals surface area (Å²) in [5.74, 6) is 1.22. The maximum atomic E-state index is 12.0. The largest absolute Gasteiger partial charge is 0.465 e. The van der Waals surface area contributed by atoms with Crippen LogP contribution in [0.3, 0.4) is 0 Å². The number of amides is 1. The van der Waals surface area contributed by atoms with Gasteiger partial charge in [0.05, 0.1) is 6.26 Å². The van der Waals surface area contributed by atoms with Crippen LogP contribution in [-0.2, 0) is 11.2 Å². The summed E-state index contributed by atoms with van der Waals surface area (Å²) in [5, 5.41) is 2.99. The number of ether oxygens (including phenoxy) is 1. The van der Waals surface area contributed by atoms with Crippen LogP contribution in [0.25, 0.3) is 0 Å². The smallest absolute Gasteiger partial charge is 0.408 e. The average Bonchev–Trinajstić information content (AvgIpc) is 3.01. The van der Waals surface area contributed by atoms with Crippen molar-refractivity contribution >= 4 is 6.09 Å². The number of alkyl carbamates (subject to hydrolysis) is 1. The van der Waals surface area contributed by atoms with Crippen molar-refractivity contribution in [3.05, 3.63) is 60.1 Å². The van der Waals surface area contributed by atoms with Crippen molar-refractivity contribution in [2.75, 3.05) is 0 Å². The molecule has 3 rings (SSSR count). The minimum atomic E-state index is -0.376. The van der Waals surface area contributed by atoms with Gasteiger partial charge in [-0.15, -0.1) is 0 Å². The molecule has 0 saturated carbocycles. The normalized spacial score (nSPS) is 24.9. The first-order chi connectivity index (χ1) is 10.6. The predicted molar refractivity (Wildman–Crippen MR) is 83.3 cm³/mol. The quantitative estimate of drug-likeness (QED) is 0.930. The number of hydrogen-bond acceptors (Lipinski definition) is 3. The fourth-order valence-corrected chi connectivity index (χ4v) is 3.26. The lowest BCUT2D eigenvalue weighted by molar-refractivity contribution is -0.0150. The number of hydrogen-bond donors (Lipinski definition) is 1. The van der Waals surface area contributed by atoms with Crippen molar-refractivity contribution in [1.29, 1.82) is 0 Å². The Hall–Kier alpha value is -2.23. The summed E-state index contributed by atoms with van der Waals surface area (Å²) in [6.07, 6.45) is 1.70. The number of benzene rings is 1. The standard InChI is InChI=1S/C18H21NO3/c1-12(2)16-14(11-13-7-4-3-5-8-13)19-18(20)22-17(16)15-9-6-10-21-15/h3-10,12,14,16-17H,11H2,1-2H3,(H,19,20)/t14-,16-,17+/m1/s1. The van der Waals surface area contributed by atoms with E-state index in [1.165, 1.54) is 5.56 Å². The fraction of sp³-hybridized carbons (Fsp3) is 0.389. The topological polar surface area (TPSA) is 51.5 Å². The Labute approximate surface area is 130 Å². The molecule has 0 spiro atoms. The molecule has 4 heteroatoms. The molecule has 2 aromatic rings. The molecule has 1 aromatic carbocycles. The van der Waals surface area contributed by atoms with Gasteiger partial charge in [0.1, 0.15) is 5.76 Å². The molecule has 1 fully saturated rings. The van der Waals surface area contributed by atoms with Gasteiger partial charge in [0.2, 0.25) is 0 Å². The van der Waals surface area contributed by atoms with E-state index in [1.54, 1.807) is 6.26 Å². The van der Waals surface area contributed by atoms with Gasteiger partial charge < -0.3 is 14.5 Å². The van der Waals surface area contributed by atoms with Crippen LogP contribution in [0.5, 0.6) is 0 Å². The van der Waals surface area contributed by atoms with Gasteiger partial charge in [-0.1, -0.05) is 44.2 Å². The first kappa shape index (κ1) is 14.7. The lowest BCUT2D eigenvalue weighted by Crippen LogP contribution is -2.52. The highest BCUT2D eigenvalue weighted by atomic mass is 16.6. The maximum absolute atomic E-state index is 12.0. The number of carbonyl (C=O) groups excluding carboxylic acids is 1. The van der Waals surface area contributed by atoms with Gasteiger partial charge in [0.15, 0.2) is 6.10 Å². The van der Waals surface area contributed by atoms with Gasteiger partial charge in [0, 0.05) is 12.0 Å². The molecule has 22 heavy (non-hydrogen) atoms. The van der Waals surface area contributed by atoms with Crippen molar-refractivity contribution in [3.63, 3.8) is 0 Å².